The van der Waals surface area contributed by atoms with E-state index in [1.54, 1.807) is 0 Å². The van der Waals surface area contributed by atoms with Crippen LogP contribution in [0.3, 0.4) is 0 Å². The molecule has 0 unspecified atom stereocenters. The Labute approximate surface area is 56.8 Å². The minimum atomic E-state index is -3.72. The molecule has 0 heterocycles. The summed E-state index contributed by atoms with van der Waals surface area (Å²) < 4.78 is 0. The van der Waals surface area contributed by atoms with Crippen molar-refractivity contribution in [1.82, 2.24) is 0 Å². The van der Waals surface area contributed by atoms with Crippen molar-refractivity contribution in [2.24, 2.45) is 0 Å². The third kappa shape index (κ3) is 51.7. The van der Waals surface area contributed by atoms with Crippen molar-refractivity contribution in [3.63, 3.8) is 0 Å². The predicted molar refractivity (Wildman–Crippen MR) is 21.6 cm³/mol. The summed E-state index contributed by atoms with van der Waals surface area (Å²) in [6, 6.07) is 0. The molecule has 0 atom stereocenters. The van der Waals surface area contributed by atoms with E-state index in [0.29, 0.717) is 0 Å². The van der Waals surface area contributed by atoms with Crippen LogP contribution in [-0.4, -0.2) is 0 Å². The van der Waals surface area contributed by atoms with Gasteiger partial charge in [0.05, 0.1) is 0 Å². The van der Waals surface area contributed by atoms with Gasteiger partial charge in [0.1, 0.15) is 0 Å². The molecule has 0 saturated heterocycles. The normalized spacial score (nSPS) is 9.83. The first kappa shape index (κ1) is 10.4. The van der Waals surface area contributed by atoms with Crippen LogP contribution < -0.4 is 9.79 Å². The Hall–Kier alpha value is 1.44. The summed E-state index contributed by atoms with van der Waals surface area (Å²) >= 11 is 7.28. The maximum absolute atomic E-state index is 9.29. The van der Waals surface area contributed by atoms with E-state index in [4.69, 9.17) is 0 Å². The number of hydrogen-bond acceptors (Lipinski definition) is 4. The van der Waals surface area contributed by atoms with Crippen molar-refractivity contribution in [2.75, 3.05) is 0 Å². The van der Waals surface area contributed by atoms with Crippen molar-refractivity contribution in [2.45, 2.75) is 0 Å². The van der Waals surface area contributed by atoms with Gasteiger partial charge in [0.15, 0.2) is 0 Å². The van der Waals surface area contributed by atoms with Gasteiger partial charge in [0.2, 0.25) is 0 Å². The van der Waals surface area contributed by atoms with Crippen LogP contribution in [0.2, 0.25) is 0 Å². The zero-order valence-corrected chi connectivity index (χ0v) is 5.85. The van der Waals surface area contributed by atoms with Gasteiger partial charge in [-0.1, -0.05) is 0 Å². The zero-order chi connectivity index (χ0) is 4.50. The van der Waals surface area contributed by atoms with Crippen LogP contribution in [0.4, 0.5) is 0 Å². The second-order valence-electron chi connectivity index (χ2n) is 0.447. The molecule has 0 aromatic carbocycles. The summed E-state index contributed by atoms with van der Waals surface area (Å²) in [4.78, 5) is 18.6. The molecular weight excluding hydrogens is 191 g/mol. The predicted octanol–water partition coefficient (Wildman–Crippen LogP) is -1.52. The van der Waals surface area contributed by atoms with Gasteiger partial charge in [0, 0.05) is 0 Å². The van der Waals surface area contributed by atoms with E-state index in [2.05, 4.69) is 24.1 Å². The molecule has 0 bridgehead atoms. The van der Waals surface area contributed by atoms with Crippen molar-refractivity contribution in [1.29, 1.82) is 0 Å². The van der Waals surface area contributed by atoms with Crippen LogP contribution in [0.15, 0.2) is 0 Å². The van der Waals surface area contributed by atoms with Crippen LogP contribution >= 0.6 is 5.69 Å². The molecule has 0 radical (unpaired) electrons. The summed E-state index contributed by atoms with van der Waals surface area (Å²) in [5, 5.41) is 0. The molecule has 0 aromatic heterocycles. The van der Waals surface area contributed by atoms with Gasteiger partial charge in [-0.3, -0.25) is 0 Å². The van der Waals surface area contributed by atoms with E-state index < -0.39 is 5.69 Å². The van der Waals surface area contributed by atoms with Gasteiger partial charge >= 0.3 is 17.1 Å². The second-order valence-corrected chi connectivity index (χ2v) is 4.92. The summed E-state index contributed by atoms with van der Waals surface area (Å²) in [5.41, 5.74) is -3.72. The van der Waals surface area contributed by atoms with Crippen molar-refractivity contribution in [3.05, 3.63) is 0 Å². The molecule has 2 nitrogen and oxygen atoms in total. The maximum Gasteiger partial charge on any atom is 3.00 e. The fourth-order valence-corrected chi connectivity index (χ4v) is 0. The fourth-order valence-electron chi connectivity index (χ4n) is 0. The monoisotopic (exact) mass is 190 g/mol. The van der Waals surface area contributed by atoms with Crippen LogP contribution in [0, 0.1) is 0 Å². The minimum Gasteiger partial charge on any atom is -0.850 e. The van der Waals surface area contributed by atoms with Crippen LogP contribution in [0.5, 0.6) is 0 Å². The molecule has 0 rings (SSSR count). The van der Waals surface area contributed by atoms with E-state index in [9.17, 15) is 9.79 Å². The minimum absolute atomic E-state index is 0. The zero-order valence-electron chi connectivity index (χ0n) is 2.38. The fraction of sp³-hybridized carbons (Fsp3) is 0. The molecule has 6 heavy (non-hydrogen) atoms. The first-order valence-corrected chi connectivity index (χ1v) is 4.38. The van der Waals surface area contributed by atoms with Crippen molar-refractivity contribution < 1.29 is 26.9 Å². The van der Waals surface area contributed by atoms with Crippen LogP contribution in [-0.2, 0) is 41.1 Å². The van der Waals surface area contributed by atoms with Gasteiger partial charge in [-0.15, -0.1) is 0 Å². The SMILES string of the molecule is [Cu+3].[O-]P([O-])(=S)[S-]. The van der Waals surface area contributed by atoms with Gasteiger partial charge in [0.25, 0.3) is 0 Å². The molecule has 6 heteroatoms. The maximum atomic E-state index is 9.29. The smallest absolute Gasteiger partial charge is 0.850 e. The third-order valence-corrected chi connectivity index (χ3v) is 0. The van der Waals surface area contributed by atoms with Gasteiger partial charge in [-0.05, 0) is 0 Å². The standard InChI is InChI=1S/Cu.H3O2PS2/c;1-3(2,4)5/h;(H3,1,2,4,5)/q+3;/p-3. The average molecular weight is 191 g/mol. The summed E-state index contributed by atoms with van der Waals surface area (Å²) in [5.74, 6) is 0. The van der Waals surface area contributed by atoms with E-state index >= 15 is 0 Å². The summed E-state index contributed by atoms with van der Waals surface area (Å²) in [7, 11) is 0. The molecule has 0 fully saturated rings. The first-order chi connectivity index (χ1) is 2.00. The van der Waals surface area contributed by atoms with E-state index in [-0.39, 0.29) is 17.1 Å². The Morgan fingerprint density at radius 3 is 1.50 bits per heavy atom. The average Bonchev–Trinajstić information content (AvgIpc) is 0.722. The Balaban J connectivity index is 0. The van der Waals surface area contributed by atoms with Gasteiger partial charge < -0.3 is 27.7 Å². The molecule has 0 amide bonds. The number of hydrogen-bond donors (Lipinski definition) is 0. The third-order valence-electron chi connectivity index (χ3n) is 0. The molecule has 0 N–H and O–H groups in total. The van der Waals surface area contributed by atoms with Crippen LogP contribution in [0.25, 0.3) is 0 Å². The molecular formula is CuO2PS2. The summed E-state index contributed by atoms with van der Waals surface area (Å²) in [6.07, 6.45) is 0. The molecule has 0 aliphatic carbocycles. The molecule has 0 spiro atoms. The first-order valence-electron chi connectivity index (χ1n) is 0.730. The van der Waals surface area contributed by atoms with E-state index in [0.717, 1.165) is 0 Å². The van der Waals surface area contributed by atoms with Crippen LogP contribution in [0.1, 0.15) is 0 Å². The quantitative estimate of drug-likeness (QED) is 0.264. The largest absolute Gasteiger partial charge is 3.00 e. The Bertz CT molecular complexity index is 57.7. The molecule has 40 valence electrons. The molecule has 0 aliphatic rings. The van der Waals surface area contributed by atoms with E-state index in [1.165, 1.54) is 0 Å². The van der Waals surface area contributed by atoms with Gasteiger partial charge in [-0.25, -0.2) is 0 Å². The van der Waals surface area contributed by atoms with Gasteiger partial charge in [-0.2, -0.15) is 11.8 Å². The Morgan fingerprint density at radius 1 is 1.50 bits per heavy atom. The Kier molecular flexibility index (Phi) is 5.98. The molecule has 0 aromatic rings. The van der Waals surface area contributed by atoms with Crippen molar-refractivity contribution >= 4 is 29.7 Å². The topological polar surface area (TPSA) is 46.1 Å². The molecule has 0 aliphatic heterocycles. The van der Waals surface area contributed by atoms with E-state index in [1.807, 2.05) is 0 Å². The molecule has 0 saturated carbocycles. The summed E-state index contributed by atoms with van der Waals surface area (Å²) in [6.45, 7) is 0. The van der Waals surface area contributed by atoms with Crippen molar-refractivity contribution in [3.8, 4) is 0 Å². The number of rotatable bonds is 0. The second kappa shape index (κ2) is 3.44. The Morgan fingerprint density at radius 2 is 1.50 bits per heavy atom.